The van der Waals surface area contributed by atoms with Gasteiger partial charge in [-0.2, -0.15) is 4.37 Å². The Hall–Kier alpha value is -1.26. The van der Waals surface area contributed by atoms with E-state index in [2.05, 4.69) is 9.36 Å². The van der Waals surface area contributed by atoms with Crippen molar-refractivity contribution >= 4 is 11.5 Å². The second-order valence-corrected chi connectivity index (χ2v) is 3.21. The summed E-state index contributed by atoms with van der Waals surface area (Å²) in [6.45, 7) is 0. The van der Waals surface area contributed by atoms with Crippen LogP contribution in [0, 0.1) is 0 Å². The molecule has 66 valence electrons. The fourth-order valence-electron chi connectivity index (χ4n) is 1.08. The van der Waals surface area contributed by atoms with Gasteiger partial charge in [-0.3, -0.25) is 0 Å². The molecule has 0 aliphatic rings. The highest BCUT2D eigenvalue weighted by molar-refractivity contribution is 7.03. The number of hydrogen-bond acceptors (Lipinski definition) is 4. The molecule has 1 unspecified atom stereocenters. The number of hydrogen-bond donors (Lipinski definition) is 1. The number of aliphatic hydroxyl groups excluding tert-OH is 1. The molecule has 1 aromatic carbocycles. The Morgan fingerprint density at radius 3 is 2.62 bits per heavy atom. The van der Waals surface area contributed by atoms with Crippen LogP contribution < -0.4 is 0 Å². The molecule has 0 saturated carbocycles. The van der Waals surface area contributed by atoms with Crippen molar-refractivity contribution in [3.63, 3.8) is 0 Å². The summed E-state index contributed by atoms with van der Waals surface area (Å²) in [6, 6.07) is 9.37. The van der Waals surface area contributed by atoms with Crippen molar-refractivity contribution in [1.29, 1.82) is 0 Å². The Bertz CT molecular complexity index is 360. The molecule has 1 N–H and O–H groups in total. The molecule has 2 rings (SSSR count). The summed E-state index contributed by atoms with van der Waals surface area (Å²) in [4.78, 5) is 3.95. The van der Waals surface area contributed by atoms with E-state index in [-0.39, 0.29) is 0 Å². The lowest BCUT2D eigenvalue weighted by molar-refractivity contribution is 0.211. The Morgan fingerprint density at radius 1 is 1.23 bits per heavy atom. The molecule has 13 heavy (non-hydrogen) atoms. The first-order valence-electron chi connectivity index (χ1n) is 3.87. The number of aliphatic hydroxyl groups is 1. The highest BCUT2D eigenvalue weighted by Gasteiger charge is 2.12. The van der Waals surface area contributed by atoms with Crippen LogP contribution in [0.2, 0.25) is 0 Å². The van der Waals surface area contributed by atoms with Gasteiger partial charge in [-0.1, -0.05) is 30.3 Å². The lowest BCUT2D eigenvalue weighted by atomic mass is 10.1. The van der Waals surface area contributed by atoms with Crippen molar-refractivity contribution in [2.75, 3.05) is 0 Å². The molecule has 0 amide bonds. The molecule has 4 heteroatoms. The Labute approximate surface area is 79.9 Å². The second-order valence-electron chi connectivity index (χ2n) is 2.60. The highest BCUT2D eigenvalue weighted by Crippen LogP contribution is 2.18. The zero-order valence-electron chi connectivity index (χ0n) is 6.79. The van der Waals surface area contributed by atoms with Crippen LogP contribution in [0.5, 0.6) is 0 Å². The highest BCUT2D eigenvalue weighted by atomic mass is 32.1. The molecule has 1 heterocycles. The average Bonchev–Trinajstić information content (AvgIpc) is 2.71. The normalized spacial score (nSPS) is 12.7. The topological polar surface area (TPSA) is 46.0 Å². The third-order valence-electron chi connectivity index (χ3n) is 1.74. The first-order valence-corrected chi connectivity index (χ1v) is 4.71. The summed E-state index contributed by atoms with van der Waals surface area (Å²) in [5.41, 5.74) is 2.43. The van der Waals surface area contributed by atoms with Crippen LogP contribution >= 0.6 is 11.5 Å². The number of aromatic nitrogens is 2. The maximum Gasteiger partial charge on any atom is 0.175 e. The molecular formula is C9H8N2OS. The lowest BCUT2D eigenvalue weighted by Gasteiger charge is -2.05. The van der Waals surface area contributed by atoms with Crippen molar-refractivity contribution in [3.8, 4) is 0 Å². The van der Waals surface area contributed by atoms with Crippen LogP contribution in [0.3, 0.4) is 0 Å². The number of nitrogens with zero attached hydrogens (tertiary/aromatic N) is 2. The van der Waals surface area contributed by atoms with Crippen LogP contribution in [0.25, 0.3) is 0 Å². The number of rotatable bonds is 2. The van der Waals surface area contributed by atoms with Gasteiger partial charge in [0.2, 0.25) is 0 Å². The summed E-state index contributed by atoms with van der Waals surface area (Å²) >= 11 is 1.24. The maximum absolute atomic E-state index is 9.76. The van der Waals surface area contributed by atoms with Gasteiger partial charge in [0.25, 0.3) is 0 Å². The van der Waals surface area contributed by atoms with E-state index in [1.54, 1.807) is 5.51 Å². The van der Waals surface area contributed by atoms with Gasteiger partial charge in [0.1, 0.15) is 11.6 Å². The van der Waals surface area contributed by atoms with Gasteiger partial charge >= 0.3 is 0 Å². The van der Waals surface area contributed by atoms with Gasteiger partial charge in [0.15, 0.2) is 5.82 Å². The molecule has 2 aromatic rings. The molecule has 0 radical (unpaired) electrons. The summed E-state index contributed by atoms with van der Waals surface area (Å²) < 4.78 is 3.97. The molecule has 1 atom stereocenters. The smallest absolute Gasteiger partial charge is 0.175 e. The first kappa shape index (κ1) is 8.34. The molecule has 0 aliphatic carbocycles. The third kappa shape index (κ3) is 1.74. The maximum atomic E-state index is 9.76. The van der Waals surface area contributed by atoms with Crippen LogP contribution in [-0.4, -0.2) is 14.5 Å². The zero-order chi connectivity index (χ0) is 9.10. The van der Waals surface area contributed by atoms with Crippen molar-refractivity contribution in [1.82, 2.24) is 9.36 Å². The Kier molecular flexibility index (Phi) is 2.33. The average molecular weight is 192 g/mol. The predicted octanol–water partition coefficient (Wildman–Crippen LogP) is 1.62. The van der Waals surface area contributed by atoms with E-state index in [0.717, 1.165) is 5.56 Å². The zero-order valence-corrected chi connectivity index (χ0v) is 7.61. The molecule has 0 saturated heterocycles. The molecule has 0 spiro atoms. The molecule has 1 aromatic heterocycles. The largest absolute Gasteiger partial charge is 0.380 e. The molecular weight excluding hydrogens is 184 g/mol. The molecule has 0 fully saturated rings. The van der Waals surface area contributed by atoms with E-state index in [1.807, 2.05) is 30.3 Å². The quantitative estimate of drug-likeness (QED) is 0.786. The van der Waals surface area contributed by atoms with Crippen molar-refractivity contribution in [3.05, 3.63) is 47.2 Å². The lowest BCUT2D eigenvalue weighted by Crippen LogP contribution is -2.00. The minimum Gasteiger partial charge on any atom is -0.380 e. The fourth-order valence-corrected chi connectivity index (χ4v) is 1.54. The predicted molar refractivity (Wildman–Crippen MR) is 50.4 cm³/mol. The number of benzene rings is 1. The molecule has 3 nitrogen and oxygen atoms in total. The van der Waals surface area contributed by atoms with Gasteiger partial charge in [-0.15, -0.1) is 0 Å². The summed E-state index contributed by atoms with van der Waals surface area (Å²) in [5.74, 6) is 0.469. The summed E-state index contributed by atoms with van der Waals surface area (Å²) in [6.07, 6.45) is -0.701. The van der Waals surface area contributed by atoms with E-state index in [9.17, 15) is 5.11 Å². The van der Waals surface area contributed by atoms with Crippen molar-refractivity contribution < 1.29 is 5.11 Å². The van der Waals surface area contributed by atoms with E-state index in [1.165, 1.54) is 11.5 Å². The van der Waals surface area contributed by atoms with Gasteiger partial charge in [-0.05, 0) is 17.1 Å². The van der Waals surface area contributed by atoms with E-state index < -0.39 is 6.10 Å². The van der Waals surface area contributed by atoms with Crippen molar-refractivity contribution in [2.24, 2.45) is 0 Å². The SMILES string of the molecule is OC(c1ccccc1)c1ncsn1. The standard InChI is InChI=1S/C9H8N2OS/c12-8(9-10-6-13-11-9)7-4-2-1-3-5-7/h1-6,8,12H. The van der Waals surface area contributed by atoms with E-state index >= 15 is 0 Å². The fraction of sp³-hybridized carbons (Fsp3) is 0.111. The summed E-state index contributed by atoms with van der Waals surface area (Å²) in [7, 11) is 0. The van der Waals surface area contributed by atoms with Gasteiger partial charge in [-0.25, -0.2) is 4.98 Å². The van der Waals surface area contributed by atoms with Gasteiger partial charge in [0.05, 0.1) is 0 Å². The van der Waals surface area contributed by atoms with Crippen LogP contribution in [0.1, 0.15) is 17.5 Å². The Morgan fingerprint density at radius 2 is 2.00 bits per heavy atom. The van der Waals surface area contributed by atoms with Crippen LogP contribution in [0.15, 0.2) is 35.8 Å². The minimum absolute atomic E-state index is 0.469. The minimum atomic E-state index is -0.701. The van der Waals surface area contributed by atoms with E-state index in [0.29, 0.717) is 5.82 Å². The Balaban J connectivity index is 2.29. The summed E-state index contributed by atoms with van der Waals surface area (Å²) in [5, 5.41) is 9.76. The monoisotopic (exact) mass is 192 g/mol. The third-order valence-corrected chi connectivity index (χ3v) is 2.23. The molecule has 0 bridgehead atoms. The second kappa shape index (κ2) is 3.64. The van der Waals surface area contributed by atoms with Crippen LogP contribution in [-0.2, 0) is 0 Å². The van der Waals surface area contributed by atoms with Gasteiger partial charge in [0, 0.05) is 0 Å². The first-order chi connectivity index (χ1) is 6.38. The van der Waals surface area contributed by atoms with Gasteiger partial charge < -0.3 is 5.11 Å². The van der Waals surface area contributed by atoms with Crippen LogP contribution in [0.4, 0.5) is 0 Å². The molecule has 0 aliphatic heterocycles. The van der Waals surface area contributed by atoms with E-state index in [4.69, 9.17) is 0 Å². The van der Waals surface area contributed by atoms with Crippen molar-refractivity contribution in [2.45, 2.75) is 6.10 Å².